The number of carbonyl (C=O) groups excluding carboxylic acids is 1. The minimum Gasteiger partial charge on any atom is -0.484 e. The zero-order valence-electron chi connectivity index (χ0n) is 16.2. The molecule has 4 rings (SSSR count). The largest absolute Gasteiger partial charge is 0.484 e. The molecule has 1 fully saturated rings. The van der Waals surface area contributed by atoms with Gasteiger partial charge in [0.15, 0.2) is 6.61 Å². The second-order valence-electron chi connectivity index (χ2n) is 7.27. The van der Waals surface area contributed by atoms with Gasteiger partial charge in [-0.25, -0.2) is 9.18 Å². The highest BCUT2D eigenvalue weighted by Crippen LogP contribution is 2.28. The molecule has 1 aliphatic rings. The van der Waals surface area contributed by atoms with Crippen molar-refractivity contribution in [1.29, 1.82) is 0 Å². The van der Waals surface area contributed by atoms with E-state index in [0.717, 1.165) is 29.4 Å². The summed E-state index contributed by atoms with van der Waals surface area (Å²) in [5, 5.41) is 0.868. The van der Waals surface area contributed by atoms with Crippen LogP contribution in [-0.4, -0.2) is 30.5 Å². The van der Waals surface area contributed by atoms with Crippen LogP contribution in [0.3, 0.4) is 0 Å². The number of likely N-dealkylation sites (tertiary alicyclic amines) is 1. The van der Waals surface area contributed by atoms with Gasteiger partial charge in [-0.15, -0.1) is 0 Å². The number of hydrogen-bond donors (Lipinski definition) is 0. The Morgan fingerprint density at radius 3 is 2.76 bits per heavy atom. The van der Waals surface area contributed by atoms with Gasteiger partial charge in [-0.2, -0.15) is 0 Å². The summed E-state index contributed by atoms with van der Waals surface area (Å²) in [6.07, 6.45) is 1.57. The van der Waals surface area contributed by atoms with E-state index < -0.39 is 5.63 Å². The maximum absolute atomic E-state index is 13.1. The molecule has 3 aromatic rings. The number of fused-ring (bicyclic) bond motifs is 1. The summed E-state index contributed by atoms with van der Waals surface area (Å²) in [7, 11) is 0. The molecule has 0 spiro atoms. The van der Waals surface area contributed by atoms with Crippen molar-refractivity contribution in [3.05, 3.63) is 75.9 Å². The van der Waals surface area contributed by atoms with Crippen LogP contribution in [0.4, 0.5) is 4.39 Å². The van der Waals surface area contributed by atoms with Gasteiger partial charge in [0.2, 0.25) is 0 Å². The monoisotopic (exact) mass is 395 g/mol. The lowest BCUT2D eigenvalue weighted by atomic mass is 9.99. The molecule has 0 N–H and O–H groups in total. The quantitative estimate of drug-likeness (QED) is 0.615. The minimum absolute atomic E-state index is 0.0840. The normalized spacial score (nSPS) is 16.3. The van der Waals surface area contributed by atoms with Crippen molar-refractivity contribution in [3.8, 4) is 5.75 Å². The van der Waals surface area contributed by atoms with E-state index in [9.17, 15) is 14.0 Å². The molecule has 2 heterocycles. The van der Waals surface area contributed by atoms with Gasteiger partial charge < -0.3 is 14.1 Å². The average molecular weight is 395 g/mol. The molecule has 0 saturated carbocycles. The lowest BCUT2D eigenvalue weighted by Crippen LogP contribution is -2.32. The fourth-order valence-electron chi connectivity index (χ4n) is 3.82. The predicted octanol–water partition coefficient (Wildman–Crippen LogP) is 3.89. The molecular formula is C23H22FNO4. The van der Waals surface area contributed by atoms with Crippen molar-refractivity contribution in [3.63, 3.8) is 0 Å². The van der Waals surface area contributed by atoms with Crippen LogP contribution >= 0.6 is 0 Å². The SMILES string of the molecule is CCc1cc(=O)oc2cc(OCC(=O)N3CCC(c4ccc(F)cc4)C3)ccc12. The van der Waals surface area contributed by atoms with Gasteiger partial charge >= 0.3 is 5.63 Å². The molecule has 0 aliphatic carbocycles. The van der Waals surface area contributed by atoms with Crippen molar-refractivity contribution in [2.45, 2.75) is 25.7 Å². The first-order valence-electron chi connectivity index (χ1n) is 9.76. The number of benzene rings is 2. The Morgan fingerprint density at radius 1 is 1.21 bits per heavy atom. The van der Waals surface area contributed by atoms with E-state index in [2.05, 4.69) is 0 Å². The molecule has 29 heavy (non-hydrogen) atoms. The van der Waals surface area contributed by atoms with Crippen molar-refractivity contribution in [2.24, 2.45) is 0 Å². The van der Waals surface area contributed by atoms with Crippen molar-refractivity contribution in [2.75, 3.05) is 19.7 Å². The molecule has 2 aromatic carbocycles. The Hall–Kier alpha value is -3.15. The lowest BCUT2D eigenvalue weighted by molar-refractivity contribution is -0.132. The Balaban J connectivity index is 1.39. The fourth-order valence-corrected chi connectivity index (χ4v) is 3.82. The van der Waals surface area contributed by atoms with Gasteiger partial charge in [0.1, 0.15) is 17.1 Å². The summed E-state index contributed by atoms with van der Waals surface area (Å²) in [6, 6.07) is 13.2. The topological polar surface area (TPSA) is 59.8 Å². The zero-order chi connectivity index (χ0) is 20.4. The number of halogens is 1. The Labute approximate surface area is 167 Å². The van der Waals surface area contributed by atoms with E-state index in [1.54, 1.807) is 29.2 Å². The van der Waals surface area contributed by atoms with Gasteiger partial charge in [0.05, 0.1) is 0 Å². The molecule has 1 amide bonds. The number of amides is 1. The van der Waals surface area contributed by atoms with Gasteiger partial charge in [-0.05, 0) is 48.2 Å². The van der Waals surface area contributed by atoms with E-state index in [1.807, 2.05) is 13.0 Å². The van der Waals surface area contributed by atoms with E-state index in [4.69, 9.17) is 9.15 Å². The first-order chi connectivity index (χ1) is 14.0. The standard InChI is InChI=1S/C23H22FNO4/c1-2-15-11-23(27)29-21-12-19(7-8-20(15)21)28-14-22(26)25-10-9-17(13-25)16-3-5-18(24)6-4-16/h3-8,11-12,17H,2,9-10,13-14H2,1H3. The summed E-state index contributed by atoms with van der Waals surface area (Å²) >= 11 is 0. The molecule has 1 aliphatic heterocycles. The summed E-state index contributed by atoms with van der Waals surface area (Å²) in [5.41, 5.74) is 2.02. The molecule has 1 unspecified atom stereocenters. The van der Waals surface area contributed by atoms with Crippen LogP contribution in [-0.2, 0) is 11.2 Å². The Bertz CT molecular complexity index is 1090. The first-order valence-corrected chi connectivity index (χ1v) is 9.76. The number of rotatable bonds is 5. The molecule has 0 bridgehead atoms. The second kappa shape index (κ2) is 8.07. The summed E-state index contributed by atoms with van der Waals surface area (Å²) in [5.74, 6) is 0.335. The molecule has 1 aromatic heterocycles. The van der Waals surface area contributed by atoms with Crippen molar-refractivity contribution in [1.82, 2.24) is 4.90 Å². The third kappa shape index (κ3) is 4.16. The Kier molecular flexibility index (Phi) is 5.34. The van der Waals surface area contributed by atoms with Crippen LogP contribution in [0.5, 0.6) is 5.75 Å². The highest BCUT2D eigenvalue weighted by molar-refractivity contribution is 5.82. The Morgan fingerprint density at radius 2 is 2.00 bits per heavy atom. The fraction of sp³-hybridized carbons (Fsp3) is 0.304. The highest BCUT2D eigenvalue weighted by Gasteiger charge is 2.27. The van der Waals surface area contributed by atoms with Crippen molar-refractivity contribution < 1.29 is 18.3 Å². The maximum Gasteiger partial charge on any atom is 0.336 e. The zero-order valence-corrected chi connectivity index (χ0v) is 16.2. The molecule has 150 valence electrons. The minimum atomic E-state index is -0.397. The summed E-state index contributed by atoms with van der Waals surface area (Å²) < 4.78 is 24.0. The van der Waals surface area contributed by atoms with Crippen LogP contribution in [0.1, 0.15) is 30.4 Å². The molecular weight excluding hydrogens is 373 g/mol. The number of hydrogen-bond acceptors (Lipinski definition) is 4. The van der Waals surface area contributed by atoms with Crippen LogP contribution in [0.2, 0.25) is 0 Å². The van der Waals surface area contributed by atoms with Gasteiger partial charge in [-0.3, -0.25) is 4.79 Å². The highest BCUT2D eigenvalue weighted by atomic mass is 19.1. The average Bonchev–Trinajstić information content (AvgIpc) is 3.22. The number of carbonyl (C=O) groups is 1. The first kappa shape index (κ1) is 19.2. The smallest absolute Gasteiger partial charge is 0.336 e. The summed E-state index contributed by atoms with van der Waals surface area (Å²) in [4.78, 5) is 26.0. The van der Waals surface area contributed by atoms with Gasteiger partial charge in [-0.1, -0.05) is 19.1 Å². The molecule has 1 saturated heterocycles. The van der Waals surface area contributed by atoms with E-state index >= 15 is 0 Å². The van der Waals surface area contributed by atoms with E-state index in [-0.39, 0.29) is 24.2 Å². The number of nitrogens with zero attached hydrogens (tertiary/aromatic N) is 1. The molecule has 5 nitrogen and oxygen atoms in total. The van der Waals surface area contributed by atoms with Crippen LogP contribution < -0.4 is 10.4 Å². The third-order valence-electron chi connectivity index (χ3n) is 5.43. The summed E-state index contributed by atoms with van der Waals surface area (Å²) in [6.45, 7) is 3.14. The van der Waals surface area contributed by atoms with Gasteiger partial charge in [0.25, 0.3) is 5.91 Å². The van der Waals surface area contributed by atoms with Gasteiger partial charge in [0, 0.05) is 36.5 Å². The van der Waals surface area contributed by atoms with Crippen LogP contribution in [0.15, 0.2) is 57.7 Å². The molecule has 1 atom stereocenters. The predicted molar refractivity (Wildman–Crippen MR) is 108 cm³/mol. The van der Waals surface area contributed by atoms with Crippen molar-refractivity contribution >= 4 is 16.9 Å². The maximum atomic E-state index is 13.1. The van der Waals surface area contributed by atoms with Crippen LogP contribution in [0, 0.1) is 5.82 Å². The second-order valence-corrected chi connectivity index (χ2v) is 7.27. The number of ether oxygens (including phenoxy) is 1. The number of aryl methyl sites for hydroxylation is 1. The molecule has 0 radical (unpaired) electrons. The lowest BCUT2D eigenvalue weighted by Gasteiger charge is -2.17. The van der Waals surface area contributed by atoms with Crippen LogP contribution in [0.25, 0.3) is 11.0 Å². The van der Waals surface area contributed by atoms with E-state index in [1.165, 1.54) is 18.2 Å². The molecule has 6 heteroatoms. The van der Waals surface area contributed by atoms with E-state index in [0.29, 0.717) is 24.4 Å². The third-order valence-corrected chi connectivity index (χ3v) is 5.43.